The molecule has 0 amide bonds. The Labute approximate surface area is 112 Å². The number of nitrogens with two attached hydrogens (primary N) is 1. The van der Waals surface area contributed by atoms with E-state index in [0.717, 1.165) is 5.92 Å². The van der Waals surface area contributed by atoms with Gasteiger partial charge in [-0.2, -0.15) is 0 Å². The lowest BCUT2D eigenvalue weighted by Crippen LogP contribution is -1.94. The summed E-state index contributed by atoms with van der Waals surface area (Å²) in [7, 11) is 0. The van der Waals surface area contributed by atoms with Gasteiger partial charge in [0.1, 0.15) is 0 Å². The summed E-state index contributed by atoms with van der Waals surface area (Å²) in [5, 5.41) is 0. The van der Waals surface area contributed by atoms with Crippen molar-refractivity contribution in [3.63, 3.8) is 0 Å². The number of aromatic nitrogens is 1. The molecule has 2 aromatic rings. The highest BCUT2D eigenvalue weighted by Crippen LogP contribution is 2.43. The second kappa shape index (κ2) is 5.21. The van der Waals surface area contributed by atoms with E-state index < -0.39 is 0 Å². The van der Waals surface area contributed by atoms with Crippen molar-refractivity contribution in [3.05, 3.63) is 41.0 Å². The predicted octanol–water partition coefficient (Wildman–Crippen LogP) is 3.93. The topological polar surface area (TPSA) is 38.9 Å². The first-order chi connectivity index (χ1) is 8.88. The van der Waals surface area contributed by atoms with Gasteiger partial charge in [-0.15, -0.1) is 11.3 Å². The van der Waals surface area contributed by atoms with Gasteiger partial charge >= 0.3 is 0 Å². The number of thiophene rings is 1. The van der Waals surface area contributed by atoms with E-state index in [4.69, 9.17) is 5.73 Å². The lowest BCUT2D eigenvalue weighted by molar-refractivity contribution is 0.727. The second-order valence-corrected chi connectivity index (χ2v) is 6.06. The van der Waals surface area contributed by atoms with Gasteiger partial charge in [0.25, 0.3) is 0 Å². The van der Waals surface area contributed by atoms with Gasteiger partial charge in [0.05, 0.1) is 0 Å². The Kier molecular flexibility index (Phi) is 3.43. The van der Waals surface area contributed by atoms with Crippen LogP contribution in [0.15, 0.2) is 30.6 Å². The first-order valence-corrected chi connectivity index (χ1v) is 7.43. The van der Waals surface area contributed by atoms with E-state index in [9.17, 15) is 0 Å². The minimum Gasteiger partial charge on any atom is -0.326 e. The van der Waals surface area contributed by atoms with Crippen LogP contribution in [0.25, 0.3) is 10.4 Å². The molecule has 0 atom stereocenters. The number of pyridine rings is 1. The molecule has 2 heterocycles. The van der Waals surface area contributed by atoms with Crippen molar-refractivity contribution in [1.82, 2.24) is 4.98 Å². The van der Waals surface area contributed by atoms with Gasteiger partial charge in [0, 0.05) is 28.7 Å². The van der Waals surface area contributed by atoms with Crippen LogP contribution in [0.2, 0.25) is 0 Å². The van der Waals surface area contributed by atoms with Crippen LogP contribution in [0.5, 0.6) is 0 Å². The summed E-state index contributed by atoms with van der Waals surface area (Å²) in [4.78, 5) is 6.81. The molecule has 3 rings (SSSR count). The molecule has 1 aliphatic carbocycles. The first-order valence-electron chi connectivity index (χ1n) is 6.61. The molecule has 2 aromatic heterocycles. The Morgan fingerprint density at radius 2 is 1.94 bits per heavy atom. The molecule has 0 aromatic carbocycles. The normalized spacial score (nSPS) is 16.3. The molecule has 2 nitrogen and oxygen atoms in total. The Hall–Kier alpha value is -1.19. The molecule has 0 radical (unpaired) electrons. The summed E-state index contributed by atoms with van der Waals surface area (Å²) in [6.45, 7) is 0.648. The molecule has 1 saturated carbocycles. The first kappa shape index (κ1) is 11.9. The van der Waals surface area contributed by atoms with E-state index in [1.54, 1.807) is 0 Å². The fourth-order valence-corrected chi connectivity index (χ4v) is 3.96. The monoisotopic (exact) mass is 258 g/mol. The maximum Gasteiger partial charge on any atom is 0.0382 e. The smallest absolute Gasteiger partial charge is 0.0382 e. The van der Waals surface area contributed by atoms with Crippen molar-refractivity contribution in [2.24, 2.45) is 5.73 Å². The van der Waals surface area contributed by atoms with Gasteiger partial charge in [-0.3, -0.25) is 4.98 Å². The minimum absolute atomic E-state index is 0.648. The summed E-state index contributed by atoms with van der Waals surface area (Å²) >= 11 is 1.85. The molecule has 0 aliphatic heterocycles. The summed E-state index contributed by atoms with van der Waals surface area (Å²) in [5.41, 5.74) is 8.61. The maximum absolute atomic E-state index is 5.81. The van der Waals surface area contributed by atoms with Crippen LogP contribution < -0.4 is 5.73 Å². The van der Waals surface area contributed by atoms with Crippen LogP contribution in [0.3, 0.4) is 0 Å². The molecule has 18 heavy (non-hydrogen) atoms. The fourth-order valence-electron chi connectivity index (χ4n) is 2.83. The maximum atomic E-state index is 5.81. The quantitative estimate of drug-likeness (QED) is 0.906. The highest BCUT2D eigenvalue weighted by Gasteiger charge is 2.22. The van der Waals surface area contributed by atoms with E-state index in [2.05, 4.69) is 23.2 Å². The second-order valence-electron chi connectivity index (χ2n) is 4.92. The van der Waals surface area contributed by atoms with Gasteiger partial charge in [-0.25, -0.2) is 0 Å². The molecule has 1 fully saturated rings. The van der Waals surface area contributed by atoms with Gasteiger partial charge < -0.3 is 5.73 Å². The van der Waals surface area contributed by atoms with Crippen LogP contribution in [0, 0.1) is 0 Å². The van der Waals surface area contributed by atoms with Crippen LogP contribution in [-0.4, -0.2) is 4.98 Å². The highest BCUT2D eigenvalue weighted by molar-refractivity contribution is 7.15. The summed E-state index contributed by atoms with van der Waals surface area (Å²) < 4.78 is 0. The number of hydrogen-bond donors (Lipinski definition) is 1. The average molecular weight is 258 g/mol. The van der Waals surface area contributed by atoms with Crippen LogP contribution in [0.1, 0.15) is 42.0 Å². The fraction of sp³-hybridized carbons (Fsp3) is 0.400. The van der Waals surface area contributed by atoms with Crippen molar-refractivity contribution < 1.29 is 0 Å². The minimum atomic E-state index is 0.648. The molecular weight excluding hydrogens is 240 g/mol. The third-order valence-electron chi connectivity index (χ3n) is 3.75. The number of rotatable bonds is 3. The third kappa shape index (κ3) is 2.20. The number of nitrogens with zero attached hydrogens (tertiary/aromatic N) is 1. The lowest BCUT2D eigenvalue weighted by atomic mass is 9.96. The SMILES string of the molecule is NCc1cc(C2CCCC2)c(-c2ccncc2)s1. The lowest BCUT2D eigenvalue weighted by Gasteiger charge is -2.10. The molecule has 0 saturated heterocycles. The Bertz CT molecular complexity index is 513. The van der Waals surface area contributed by atoms with Crippen molar-refractivity contribution in [2.45, 2.75) is 38.1 Å². The zero-order chi connectivity index (χ0) is 12.4. The molecular formula is C15H18N2S. The van der Waals surface area contributed by atoms with Crippen LogP contribution in [0.4, 0.5) is 0 Å². The van der Waals surface area contributed by atoms with Crippen LogP contribution in [-0.2, 0) is 6.54 Å². The summed E-state index contributed by atoms with van der Waals surface area (Å²) in [6.07, 6.45) is 9.14. The average Bonchev–Trinajstić information content (AvgIpc) is 3.08. The van der Waals surface area contributed by atoms with Crippen molar-refractivity contribution in [3.8, 4) is 10.4 Å². The molecule has 0 unspecified atom stereocenters. The molecule has 2 N–H and O–H groups in total. The molecule has 0 bridgehead atoms. The highest BCUT2D eigenvalue weighted by atomic mass is 32.1. The summed E-state index contributed by atoms with van der Waals surface area (Å²) in [5.74, 6) is 0.740. The Morgan fingerprint density at radius 1 is 1.22 bits per heavy atom. The molecule has 0 spiro atoms. The third-order valence-corrected chi connectivity index (χ3v) is 4.97. The van der Waals surface area contributed by atoms with Gasteiger partial charge in [0.2, 0.25) is 0 Å². The standard InChI is InChI=1S/C15H18N2S/c16-10-13-9-14(11-3-1-2-4-11)15(18-13)12-5-7-17-8-6-12/h5-9,11H,1-4,10,16H2. The van der Waals surface area contributed by atoms with Crippen LogP contribution >= 0.6 is 11.3 Å². The van der Waals surface area contributed by atoms with E-state index in [-0.39, 0.29) is 0 Å². The van der Waals surface area contributed by atoms with Crippen molar-refractivity contribution >= 4 is 11.3 Å². The van der Waals surface area contributed by atoms with Crippen molar-refractivity contribution in [1.29, 1.82) is 0 Å². The van der Waals surface area contributed by atoms with Gasteiger partial charge in [-0.1, -0.05) is 12.8 Å². The largest absolute Gasteiger partial charge is 0.326 e. The Balaban J connectivity index is 2.04. The van der Waals surface area contributed by atoms with Crippen molar-refractivity contribution in [2.75, 3.05) is 0 Å². The zero-order valence-corrected chi connectivity index (χ0v) is 11.2. The van der Waals surface area contributed by atoms with Gasteiger partial charge in [-0.05, 0) is 48.1 Å². The van der Waals surface area contributed by atoms with Gasteiger partial charge in [0.15, 0.2) is 0 Å². The number of hydrogen-bond acceptors (Lipinski definition) is 3. The Morgan fingerprint density at radius 3 is 2.61 bits per heavy atom. The van der Waals surface area contributed by atoms with E-state index in [1.165, 1.54) is 46.6 Å². The molecule has 3 heteroatoms. The van der Waals surface area contributed by atoms with E-state index >= 15 is 0 Å². The zero-order valence-electron chi connectivity index (χ0n) is 10.4. The predicted molar refractivity (Wildman–Crippen MR) is 76.7 cm³/mol. The van der Waals surface area contributed by atoms with E-state index in [0.29, 0.717) is 6.54 Å². The van der Waals surface area contributed by atoms with E-state index in [1.807, 2.05) is 23.7 Å². The summed E-state index contributed by atoms with van der Waals surface area (Å²) in [6, 6.07) is 6.53. The molecule has 94 valence electrons. The molecule has 1 aliphatic rings.